The molecule has 0 amide bonds. The van der Waals surface area contributed by atoms with Gasteiger partial charge in [-0.3, -0.25) is 0 Å². The fourth-order valence-electron chi connectivity index (χ4n) is 4.43. The quantitative estimate of drug-likeness (QED) is 0.452. The Morgan fingerprint density at radius 3 is 2.07 bits per heavy atom. The summed E-state index contributed by atoms with van der Waals surface area (Å²) in [6, 6.07) is 24.4. The molecule has 0 spiro atoms. The van der Waals surface area contributed by atoms with Gasteiger partial charge in [0.1, 0.15) is 0 Å². The minimum Gasteiger partial charge on any atom is -0.0905 e. The lowest BCUT2D eigenvalue weighted by atomic mass is 9.78. The zero-order valence-corrected chi connectivity index (χ0v) is 17.1. The van der Waals surface area contributed by atoms with Crippen molar-refractivity contribution in [3.05, 3.63) is 101 Å². The van der Waals surface area contributed by atoms with E-state index in [1.807, 2.05) is 0 Å². The van der Waals surface area contributed by atoms with Gasteiger partial charge in [0.05, 0.1) is 0 Å². The third-order valence-corrected chi connectivity index (χ3v) is 6.00. The molecule has 0 nitrogen and oxygen atoms in total. The van der Waals surface area contributed by atoms with Gasteiger partial charge in [0, 0.05) is 5.41 Å². The summed E-state index contributed by atoms with van der Waals surface area (Å²) in [6.07, 6.45) is 0. The number of hydrogen-bond acceptors (Lipinski definition) is 0. The van der Waals surface area contributed by atoms with E-state index in [2.05, 4.69) is 108 Å². The molecule has 0 fully saturated rings. The number of hydrogen-bond donors (Lipinski definition) is 0. The Kier molecular flexibility index (Phi) is 3.93. The maximum atomic E-state index is 4.49. The van der Waals surface area contributed by atoms with Crippen molar-refractivity contribution < 1.29 is 0 Å². The van der Waals surface area contributed by atoms with Gasteiger partial charge in [0.25, 0.3) is 0 Å². The van der Waals surface area contributed by atoms with Gasteiger partial charge in [-0.2, -0.15) is 0 Å². The van der Waals surface area contributed by atoms with Crippen molar-refractivity contribution in [3.8, 4) is 11.1 Å². The molecule has 0 aliphatic heterocycles. The molecule has 4 rings (SSSR count). The normalized spacial score (nSPS) is 14.6. The highest BCUT2D eigenvalue weighted by atomic mass is 14.4. The molecule has 1 aliphatic rings. The summed E-state index contributed by atoms with van der Waals surface area (Å²) >= 11 is 0. The molecule has 0 aromatic heterocycles. The predicted octanol–water partition coefficient (Wildman–Crippen LogP) is 7.35. The van der Waals surface area contributed by atoms with Crippen molar-refractivity contribution in [1.82, 2.24) is 0 Å². The average Bonchev–Trinajstić information content (AvgIpc) is 2.89. The van der Waals surface area contributed by atoms with Gasteiger partial charge in [0.2, 0.25) is 0 Å². The van der Waals surface area contributed by atoms with E-state index < -0.39 is 0 Å². The van der Waals surface area contributed by atoms with Gasteiger partial charge in [-0.1, -0.05) is 108 Å². The number of benzene rings is 3. The third kappa shape index (κ3) is 2.75. The Hall–Kier alpha value is -2.60. The highest BCUT2D eigenvalue weighted by Crippen LogP contribution is 2.51. The maximum absolute atomic E-state index is 4.49. The fraction of sp³-hybridized carbons (Fsp3) is 0.259. The second kappa shape index (κ2) is 5.96. The Balaban J connectivity index is 1.83. The summed E-state index contributed by atoms with van der Waals surface area (Å²) in [5.41, 5.74) is 10.6. The van der Waals surface area contributed by atoms with Gasteiger partial charge in [-0.25, -0.2) is 0 Å². The minimum absolute atomic E-state index is 0.0171. The Morgan fingerprint density at radius 1 is 0.778 bits per heavy atom. The first-order valence-electron chi connectivity index (χ1n) is 9.75. The number of rotatable bonds is 2. The molecule has 0 atom stereocenters. The molecule has 1 aliphatic carbocycles. The molecular formula is C27H28. The molecule has 0 saturated carbocycles. The van der Waals surface area contributed by atoms with Crippen LogP contribution in [0.2, 0.25) is 0 Å². The molecule has 27 heavy (non-hydrogen) atoms. The van der Waals surface area contributed by atoms with Crippen LogP contribution in [0.1, 0.15) is 62.4 Å². The van der Waals surface area contributed by atoms with Crippen molar-refractivity contribution >= 4 is 5.57 Å². The standard InChI is InChI=1S/C27H28/c1-18(19-14-16-20(17-15-19)26(2,3)4)21-11-9-12-23-22-10-7-8-13-24(22)27(5,6)25(21)23/h7-17H,1H2,2-6H3. The van der Waals surface area contributed by atoms with Crippen LogP contribution < -0.4 is 0 Å². The Bertz CT molecular complexity index is 1020. The third-order valence-electron chi connectivity index (χ3n) is 6.00. The van der Waals surface area contributed by atoms with E-state index in [1.165, 1.54) is 38.9 Å². The van der Waals surface area contributed by atoms with Crippen LogP contribution in [-0.2, 0) is 10.8 Å². The summed E-state index contributed by atoms with van der Waals surface area (Å²) in [5, 5.41) is 0. The van der Waals surface area contributed by atoms with Crippen LogP contribution >= 0.6 is 0 Å². The summed E-state index contributed by atoms with van der Waals surface area (Å²) in [6.45, 7) is 15.9. The largest absolute Gasteiger partial charge is 0.0905 e. The molecule has 0 saturated heterocycles. The molecule has 0 unspecified atom stereocenters. The van der Waals surface area contributed by atoms with E-state index in [4.69, 9.17) is 0 Å². The monoisotopic (exact) mass is 352 g/mol. The van der Waals surface area contributed by atoms with Crippen LogP contribution in [0.5, 0.6) is 0 Å². The van der Waals surface area contributed by atoms with E-state index >= 15 is 0 Å². The molecule has 0 N–H and O–H groups in total. The van der Waals surface area contributed by atoms with Crippen molar-refractivity contribution in [1.29, 1.82) is 0 Å². The van der Waals surface area contributed by atoms with Crippen LogP contribution in [0.3, 0.4) is 0 Å². The summed E-state index contributed by atoms with van der Waals surface area (Å²) < 4.78 is 0. The second-order valence-corrected chi connectivity index (χ2v) is 9.20. The van der Waals surface area contributed by atoms with E-state index in [9.17, 15) is 0 Å². The molecule has 0 radical (unpaired) electrons. The van der Waals surface area contributed by atoms with E-state index in [-0.39, 0.29) is 10.8 Å². The highest BCUT2D eigenvalue weighted by Gasteiger charge is 2.37. The smallest absolute Gasteiger partial charge is 0.0165 e. The predicted molar refractivity (Wildman–Crippen MR) is 117 cm³/mol. The van der Waals surface area contributed by atoms with E-state index in [0.717, 1.165) is 5.57 Å². The lowest BCUT2D eigenvalue weighted by Gasteiger charge is -2.25. The fourth-order valence-corrected chi connectivity index (χ4v) is 4.43. The van der Waals surface area contributed by atoms with Crippen LogP contribution in [-0.4, -0.2) is 0 Å². The first-order valence-corrected chi connectivity index (χ1v) is 9.75. The van der Waals surface area contributed by atoms with Crippen LogP contribution in [0, 0.1) is 0 Å². The lowest BCUT2D eigenvalue weighted by molar-refractivity contribution is 0.590. The van der Waals surface area contributed by atoms with Crippen molar-refractivity contribution in [2.45, 2.75) is 45.4 Å². The van der Waals surface area contributed by atoms with Crippen molar-refractivity contribution in [2.24, 2.45) is 0 Å². The van der Waals surface area contributed by atoms with Gasteiger partial charge in [0.15, 0.2) is 0 Å². The van der Waals surface area contributed by atoms with Gasteiger partial charge in [-0.05, 0) is 49.9 Å². The van der Waals surface area contributed by atoms with E-state index in [0.29, 0.717) is 0 Å². The van der Waals surface area contributed by atoms with Crippen LogP contribution in [0.25, 0.3) is 16.7 Å². The lowest BCUT2D eigenvalue weighted by Crippen LogP contribution is -2.17. The minimum atomic E-state index is -0.0171. The second-order valence-electron chi connectivity index (χ2n) is 9.20. The Labute approximate surface area is 163 Å². The number of fused-ring (bicyclic) bond motifs is 3. The maximum Gasteiger partial charge on any atom is 0.0165 e. The zero-order valence-electron chi connectivity index (χ0n) is 17.1. The van der Waals surface area contributed by atoms with Crippen LogP contribution in [0.15, 0.2) is 73.3 Å². The zero-order chi connectivity index (χ0) is 19.4. The summed E-state index contributed by atoms with van der Waals surface area (Å²) in [4.78, 5) is 0. The molecule has 0 heteroatoms. The van der Waals surface area contributed by atoms with Crippen molar-refractivity contribution in [2.75, 3.05) is 0 Å². The molecular weight excluding hydrogens is 324 g/mol. The van der Waals surface area contributed by atoms with Gasteiger partial charge in [-0.15, -0.1) is 0 Å². The Morgan fingerprint density at radius 2 is 1.41 bits per heavy atom. The molecule has 3 aromatic carbocycles. The summed E-state index contributed by atoms with van der Waals surface area (Å²) in [5.74, 6) is 0. The SMILES string of the molecule is C=C(c1ccc(C(C)(C)C)cc1)c1cccc2c1C(C)(C)c1ccccc1-2. The highest BCUT2D eigenvalue weighted by molar-refractivity contribution is 5.89. The molecule has 136 valence electrons. The van der Waals surface area contributed by atoms with Gasteiger partial charge < -0.3 is 0 Å². The van der Waals surface area contributed by atoms with Crippen molar-refractivity contribution in [3.63, 3.8) is 0 Å². The first-order chi connectivity index (χ1) is 12.7. The average molecular weight is 353 g/mol. The molecule has 3 aromatic rings. The van der Waals surface area contributed by atoms with Crippen LogP contribution in [0.4, 0.5) is 0 Å². The summed E-state index contributed by atoms with van der Waals surface area (Å²) in [7, 11) is 0. The molecule has 0 heterocycles. The van der Waals surface area contributed by atoms with Gasteiger partial charge >= 0.3 is 0 Å². The first kappa shape index (κ1) is 17.8. The van der Waals surface area contributed by atoms with E-state index in [1.54, 1.807) is 0 Å². The molecule has 0 bridgehead atoms. The topological polar surface area (TPSA) is 0 Å².